The zero-order valence-electron chi connectivity index (χ0n) is 12.4. The van der Waals surface area contributed by atoms with Crippen LogP contribution >= 0.6 is 23.8 Å². The molecule has 2 aromatic carbocycles. The Morgan fingerprint density at radius 3 is 2.74 bits per heavy atom. The molecule has 0 unspecified atom stereocenters. The molecular weight excluding hydrogens is 332 g/mol. The van der Waals surface area contributed by atoms with E-state index in [-0.39, 0.29) is 11.0 Å². The Morgan fingerprint density at radius 2 is 2.00 bits per heavy atom. The number of ether oxygens (including phenoxy) is 1. The molecule has 0 saturated heterocycles. The van der Waals surface area contributed by atoms with Crippen LogP contribution in [-0.4, -0.2) is 18.1 Å². The number of halogens is 1. The molecule has 0 fully saturated rings. The molecular formula is C17H15ClN2O2S. The Labute approximate surface area is 145 Å². The van der Waals surface area contributed by atoms with Crippen LogP contribution in [0.15, 0.2) is 54.6 Å². The molecule has 0 saturated carbocycles. The van der Waals surface area contributed by atoms with Crippen LogP contribution < -0.4 is 15.4 Å². The summed E-state index contributed by atoms with van der Waals surface area (Å²) in [5.74, 6) is 0.355. The molecule has 6 heteroatoms. The molecule has 1 amide bonds. The molecule has 0 aliphatic rings. The monoisotopic (exact) mass is 346 g/mol. The fourth-order valence-corrected chi connectivity index (χ4v) is 2.21. The lowest BCUT2D eigenvalue weighted by Crippen LogP contribution is -2.32. The fraction of sp³-hybridized carbons (Fsp3) is 0.0588. The number of hydrogen-bond acceptors (Lipinski definition) is 3. The largest absolute Gasteiger partial charge is 0.497 e. The summed E-state index contributed by atoms with van der Waals surface area (Å²) in [5.41, 5.74) is 1.49. The first-order valence-electron chi connectivity index (χ1n) is 6.77. The number of benzene rings is 2. The van der Waals surface area contributed by atoms with E-state index in [4.69, 9.17) is 28.6 Å². The van der Waals surface area contributed by atoms with Crippen LogP contribution in [0.3, 0.4) is 0 Å². The summed E-state index contributed by atoms with van der Waals surface area (Å²) in [6.45, 7) is 0. The minimum Gasteiger partial charge on any atom is -0.497 e. The van der Waals surface area contributed by atoms with Crippen molar-refractivity contribution in [3.8, 4) is 5.75 Å². The van der Waals surface area contributed by atoms with Gasteiger partial charge in [0.1, 0.15) is 5.75 Å². The van der Waals surface area contributed by atoms with Gasteiger partial charge in [0, 0.05) is 22.9 Å². The second-order valence-corrected chi connectivity index (χ2v) is 5.35. The van der Waals surface area contributed by atoms with E-state index in [1.54, 1.807) is 25.3 Å². The maximum Gasteiger partial charge on any atom is 0.250 e. The maximum absolute atomic E-state index is 11.9. The van der Waals surface area contributed by atoms with E-state index in [9.17, 15) is 4.79 Å². The van der Waals surface area contributed by atoms with Gasteiger partial charge in [0.25, 0.3) is 0 Å². The van der Waals surface area contributed by atoms with Crippen molar-refractivity contribution >= 4 is 46.6 Å². The van der Waals surface area contributed by atoms with Crippen LogP contribution in [0.1, 0.15) is 5.56 Å². The van der Waals surface area contributed by atoms with Crippen LogP contribution in [0.25, 0.3) is 6.08 Å². The van der Waals surface area contributed by atoms with Gasteiger partial charge in [-0.15, -0.1) is 0 Å². The minimum atomic E-state index is -0.342. The molecule has 0 aliphatic carbocycles. The van der Waals surface area contributed by atoms with E-state index in [2.05, 4.69) is 10.6 Å². The fourth-order valence-electron chi connectivity index (χ4n) is 1.79. The topological polar surface area (TPSA) is 50.4 Å². The molecule has 0 bridgehead atoms. The summed E-state index contributed by atoms with van der Waals surface area (Å²) in [5, 5.41) is 6.26. The quantitative estimate of drug-likeness (QED) is 0.651. The number of thiocarbonyl (C=S) groups is 1. The normalized spacial score (nSPS) is 10.3. The zero-order valence-corrected chi connectivity index (χ0v) is 13.9. The second kappa shape index (κ2) is 8.31. The first-order valence-corrected chi connectivity index (χ1v) is 7.56. The van der Waals surface area contributed by atoms with E-state index in [1.165, 1.54) is 6.08 Å². The van der Waals surface area contributed by atoms with Crippen LogP contribution in [0, 0.1) is 0 Å². The lowest BCUT2D eigenvalue weighted by Gasteiger charge is -2.09. The number of anilines is 1. The third-order valence-electron chi connectivity index (χ3n) is 2.88. The van der Waals surface area contributed by atoms with Crippen LogP contribution in [-0.2, 0) is 4.79 Å². The van der Waals surface area contributed by atoms with Gasteiger partial charge in [-0.3, -0.25) is 10.1 Å². The molecule has 0 heterocycles. The predicted molar refractivity (Wildman–Crippen MR) is 97.8 cm³/mol. The van der Waals surface area contributed by atoms with Crippen molar-refractivity contribution in [3.63, 3.8) is 0 Å². The predicted octanol–water partition coefficient (Wildman–Crippen LogP) is 3.88. The SMILES string of the molecule is COc1cccc(NC(=S)NC(=O)C=Cc2ccccc2Cl)c1. The minimum absolute atomic E-state index is 0.201. The van der Waals surface area contributed by atoms with E-state index >= 15 is 0 Å². The molecule has 0 aliphatic heterocycles. The third kappa shape index (κ3) is 5.39. The number of rotatable bonds is 4. The van der Waals surface area contributed by atoms with Crippen molar-refractivity contribution < 1.29 is 9.53 Å². The Morgan fingerprint density at radius 1 is 1.22 bits per heavy atom. The first-order chi connectivity index (χ1) is 11.1. The van der Waals surface area contributed by atoms with Gasteiger partial charge in [-0.2, -0.15) is 0 Å². The highest BCUT2D eigenvalue weighted by Crippen LogP contribution is 2.17. The van der Waals surface area contributed by atoms with Gasteiger partial charge < -0.3 is 10.1 Å². The summed E-state index contributed by atoms with van der Waals surface area (Å²) in [4.78, 5) is 11.9. The van der Waals surface area contributed by atoms with Gasteiger partial charge in [0.05, 0.1) is 7.11 Å². The third-order valence-corrected chi connectivity index (χ3v) is 3.43. The van der Waals surface area contributed by atoms with Gasteiger partial charge in [-0.1, -0.05) is 35.9 Å². The molecule has 2 rings (SSSR count). The van der Waals surface area contributed by atoms with E-state index in [1.807, 2.05) is 36.4 Å². The molecule has 2 N–H and O–H groups in total. The van der Waals surface area contributed by atoms with Gasteiger partial charge in [-0.05, 0) is 42.1 Å². The standard InChI is InChI=1S/C17H15ClN2O2S/c1-22-14-7-4-6-13(11-14)19-17(23)20-16(21)10-9-12-5-2-3-8-15(12)18/h2-11H,1H3,(H2,19,20,21,23). The Balaban J connectivity index is 1.92. The molecule has 0 spiro atoms. The number of amides is 1. The first kappa shape index (κ1) is 17.0. The average molecular weight is 347 g/mol. The summed E-state index contributed by atoms with van der Waals surface area (Å²) in [6.07, 6.45) is 3.01. The van der Waals surface area contributed by atoms with Gasteiger partial charge in [0.15, 0.2) is 5.11 Å². The van der Waals surface area contributed by atoms with Crippen LogP contribution in [0.5, 0.6) is 5.75 Å². The number of nitrogens with one attached hydrogen (secondary N) is 2. The van der Waals surface area contributed by atoms with Crippen LogP contribution in [0.2, 0.25) is 5.02 Å². The maximum atomic E-state index is 11.9. The smallest absolute Gasteiger partial charge is 0.250 e. The summed E-state index contributed by atoms with van der Waals surface area (Å²) in [6, 6.07) is 14.5. The highest BCUT2D eigenvalue weighted by molar-refractivity contribution is 7.80. The van der Waals surface area contributed by atoms with E-state index < -0.39 is 0 Å². The Bertz CT molecular complexity index is 747. The Hall–Kier alpha value is -2.37. The van der Waals surface area contributed by atoms with Crippen molar-refractivity contribution in [1.29, 1.82) is 0 Å². The van der Waals surface area contributed by atoms with Gasteiger partial charge >= 0.3 is 0 Å². The highest BCUT2D eigenvalue weighted by atomic mass is 35.5. The summed E-state index contributed by atoms with van der Waals surface area (Å²) >= 11 is 11.1. The zero-order chi connectivity index (χ0) is 16.7. The lowest BCUT2D eigenvalue weighted by atomic mass is 10.2. The van der Waals surface area contributed by atoms with Gasteiger partial charge in [-0.25, -0.2) is 0 Å². The lowest BCUT2D eigenvalue weighted by molar-refractivity contribution is -0.115. The Kier molecular flexibility index (Phi) is 6.14. The van der Waals surface area contributed by atoms with Crippen molar-refractivity contribution in [1.82, 2.24) is 5.32 Å². The molecule has 0 atom stereocenters. The van der Waals surface area contributed by atoms with Gasteiger partial charge in [0.2, 0.25) is 5.91 Å². The van der Waals surface area contributed by atoms with Crippen LogP contribution in [0.4, 0.5) is 5.69 Å². The molecule has 2 aromatic rings. The summed E-state index contributed by atoms with van der Waals surface area (Å²) < 4.78 is 5.12. The highest BCUT2D eigenvalue weighted by Gasteiger charge is 2.03. The average Bonchev–Trinajstić information content (AvgIpc) is 2.54. The van der Waals surface area contributed by atoms with E-state index in [0.717, 1.165) is 11.3 Å². The molecule has 0 aromatic heterocycles. The van der Waals surface area contributed by atoms with Crippen molar-refractivity contribution in [2.75, 3.05) is 12.4 Å². The van der Waals surface area contributed by atoms with Crippen molar-refractivity contribution in [2.45, 2.75) is 0 Å². The van der Waals surface area contributed by atoms with Crippen molar-refractivity contribution in [2.24, 2.45) is 0 Å². The number of hydrogen-bond donors (Lipinski definition) is 2. The summed E-state index contributed by atoms with van der Waals surface area (Å²) in [7, 11) is 1.58. The molecule has 23 heavy (non-hydrogen) atoms. The number of carbonyl (C=O) groups excluding carboxylic acids is 1. The number of carbonyl (C=O) groups is 1. The van der Waals surface area contributed by atoms with Crippen molar-refractivity contribution in [3.05, 3.63) is 65.2 Å². The molecule has 0 radical (unpaired) electrons. The molecule has 118 valence electrons. The second-order valence-electron chi connectivity index (χ2n) is 4.53. The van der Waals surface area contributed by atoms with E-state index in [0.29, 0.717) is 10.8 Å². The number of methoxy groups -OCH3 is 1. The molecule has 4 nitrogen and oxygen atoms in total.